The molecule has 1 aromatic heterocycles. The normalized spacial score (nSPS) is 12.0. The van der Waals surface area contributed by atoms with Crippen molar-refractivity contribution in [2.24, 2.45) is 4.99 Å². The maximum atomic E-state index is 4.67. The van der Waals surface area contributed by atoms with Gasteiger partial charge >= 0.3 is 0 Å². The van der Waals surface area contributed by atoms with Crippen LogP contribution in [-0.2, 0) is 12.0 Å². The van der Waals surface area contributed by atoms with Gasteiger partial charge in [-0.2, -0.15) is 0 Å². The molecule has 6 heteroatoms. The predicted octanol–water partition coefficient (Wildman–Crippen LogP) is 3.91. The van der Waals surface area contributed by atoms with Gasteiger partial charge in [0, 0.05) is 23.9 Å². The van der Waals surface area contributed by atoms with Crippen LogP contribution < -0.4 is 10.6 Å². The van der Waals surface area contributed by atoms with E-state index in [0.29, 0.717) is 6.54 Å². The lowest BCUT2D eigenvalue weighted by molar-refractivity contribution is 0.571. The van der Waals surface area contributed by atoms with Crippen LogP contribution in [0.2, 0.25) is 0 Å². The van der Waals surface area contributed by atoms with Crippen LogP contribution in [-0.4, -0.2) is 24.0 Å². The quantitative estimate of drug-likeness (QED) is 0.315. The molecule has 0 unspecified atom stereocenters. The molecule has 0 amide bonds. The number of halogens is 1. The highest BCUT2D eigenvalue weighted by Crippen LogP contribution is 2.24. The number of hydrogen-bond donors (Lipinski definition) is 2. The van der Waals surface area contributed by atoms with Crippen LogP contribution in [0.25, 0.3) is 0 Å². The third-order valence-electron chi connectivity index (χ3n) is 2.86. The fourth-order valence-corrected chi connectivity index (χ4v) is 2.54. The Morgan fingerprint density at radius 1 is 1.29 bits per heavy atom. The molecule has 0 aliphatic heterocycles. The van der Waals surface area contributed by atoms with Crippen LogP contribution in [0, 0.1) is 0 Å². The highest BCUT2D eigenvalue weighted by Gasteiger charge is 2.17. The number of guanidine groups is 1. The molecule has 2 N–H and O–H groups in total. The molecule has 0 saturated carbocycles. The van der Waals surface area contributed by atoms with Gasteiger partial charge in [0.05, 0.1) is 12.2 Å². The summed E-state index contributed by atoms with van der Waals surface area (Å²) in [5.74, 6) is 0.883. The first kappa shape index (κ1) is 20.6. The zero-order valence-corrected chi connectivity index (χ0v) is 17.0. The largest absolute Gasteiger partial charge is 0.357 e. The monoisotopic (exact) mass is 424 g/mol. The molecule has 0 radical (unpaired) electrons. The Hall–Kier alpha value is -0.370. The van der Waals surface area contributed by atoms with E-state index in [4.69, 9.17) is 0 Å². The van der Waals surface area contributed by atoms with Crippen molar-refractivity contribution < 1.29 is 0 Å². The summed E-state index contributed by atoms with van der Waals surface area (Å²) in [6, 6.07) is 0. The summed E-state index contributed by atoms with van der Waals surface area (Å²) < 4.78 is 0. The Morgan fingerprint density at radius 2 is 2.00 bits per heavy atom. The maximum absolute atomic E-state index is 4.67. The summed E-state index contributed by atoms with van der Waals surface area (Å²) in [6.45, 7) is 13.3. The molecule has 0 spiro atoms. The smallest absolute Gasteiger partial charge is 0.191 e. The van der Waals surface area contributed by atoms with Gasteiger partial charge in [-0.1, -0.05) is 34.1 Å². The first-order valence-electron chi connectivity index (χ1n) is 7.44. The Bertz CT molecular complexity index is 424. The molecule has 1 heterocycles. The minimum Gasteiger partial charge on any atom is -0.357 e. The fourth-order valence-electron chi connectivity index (χ4n) is 1.60. The van der Waals surface area contributed by atoms with Gasteiger partial charge < -0.3 is 10.6 Å². The van der Waals surface area contributed by atoms with Crippen molar-refractivity contribution in [1.29, 1.82) is 0 Å². The molecular weight excluding hydrogens is 395 g/mol. The van der Waals surface area contributed by atoms with Gasteiger partial charge in [0.1, 0.15) is 5.01 Å². The van der Waals surface area contributed by atoms with E-state index < -0.39 is 0 Å². The Labute approximate surface area is 150 Å². The van der Waals surface area contributed by atoms with Crippen LogP contribution in [0.3, 0.4) is 0 Å². The zero-order chi connectivity index (χ0) is 15.0. The van der Waals surface area contributed by atoms with Crippen molar-refractivity contribution in [2.45, 2.75) is 59.4 Å². The van der Waals surface area contributed by atoms with E-state index in [-0.39, 0.29) is 29.4 Å². The summed E-state index contributed by atoms with van der Waals surface area (Å²) in [6.07, 6.45) is 2.35. The fraction of sp³-hybridized carbons (Fsp3) is 0.733. The van der Waals surface area contributed by atoms with Crippen molar-refractivity contribution in [3.05, 3.63) is 16.1 Å². The number of hydrogen-bond acceptors (Lipinski definition) is 3. The van der Waals surface area contributed by atoms with Crippen molar-refractivity contribution in [2.75, 3.05) is 13.1 Å². The Kier molecular flexibility index (Phi) is 10.2. The van der Waals surface area contributed by atoms with Gasteiger partial charge in [-0.15, -0.1) is 35.3 Å². The van der Waals surface area contributed by atoms with Gasteiger partial charge in [-0.3, -0.25) is 0 Å². The highest BCUT2D eigenvalue weighted by molar-refractivity contribution is 14.0. The van der Waals surface area contributed by atoms with Crippen LogP contribution in [0.15, 0.2) is 10.4 Å². The average molecular weight is 424 g/mol. The molecule has 0 aliphatic carbocycles. The first-order chi connectivity index (χ1) is 9.47. The van der Waals surface area contributed by atoms with Gasteiger partial charge in [-0.05, 0) is 13.3 Å². The van der Waals surface area contributed by atoms with Gasteiger partial charge in [0.2, 0.25) is 0 Å². The molecule has 1 aromatic rings. The van der Waals surface area contributed by atoms with E-state index >= 15 is 0 Å². The summed E-state index contributed by atoms with van der Waals surface area (Å²) in [7, 11) is 0. The van der Waals surface area contributed by atoms with E-state index in [2.05, 4.69) is 60.6 Å². The van der Waals surface area contributed by atoms with E-state index in [0.717, 1.165) is 36.2 Å². The van der Waals surface area contributed by atoms with Gasteiger partial charge in [-0.25, -0.2) is 9.98 Å². The second kappa shape index (κ2) is 10.4. The Morgan fingerprint density at radius 3 is 2.52 bits per heavy atom. The average Bonchev–Trinajstić information content (AvgIpc) is 2.85. The minimum absolute atomic E-state index is 0. The number of thiazole rings is 1. The Balaban J connectivity index is 0.00000400. The molecule has 4 nitrogen and oxygen atoms in total. The standard InChI is InChI=1S/C15H28N4S.HI/c1-6-8-9-17-14(16-7-2)18-10-13-19-12(11-20-13)15(3,4)5;/h11H,6-10H2,1-5H3,(H2,16,17,18);1H. The molecular formula is C15H29IN4S. The van der Waals surface area contributed by atoms with Crippen LogP contribution in [0.1, 0.15) is 58.2 Å². The molecule has 0 fully saturated rings. The van der Waals surface area contributed by atoms with E-state index in [1.165, 1.54) is 6.42 Å². The molecule has 0 saturated heterocycles. The molecule has 0 bridgehead atoms. The molecule has 1 rings (SSSR count). The second-order valence-corrected chi connectivity index (χ2v) is 6.79. The third-order valence-corrected chi connectivity index (χ3v) is 3.69. The van der Waals surface area contributed by atoms with Crippen LogP contribution >= 0.6 is 35.3 Å². The second-order valence-electron chi connectivity index (χ2n) is 5.85. The molecule has 21 heavy (non-hydrogen) atoms. The van der Waals surface area contributed by atoms with Crippen molar-refractivity contribution in [1.82, 2.24) is 15.6 Å². The summed E-state index contributed by atoms with van der Waals surface area (Å²) in [5, 5.41) is 9.82. The lowest BCUT2D eigenvalue weighted by Crippen LogP contribution is -2.37. The van der Waals surface area contributed by atoms with Gasteiger partial charge in [0.25, 0.3) is 0 Å². The zero-order valence-electron chi connectivity index (χ0n) is 13.8. The number of nitrogens with zero attached hydrogens (tertiary/aromatic N) is 2. The van der Waals surface area contributed by atoms with Crippen molar-refractivity contribution in [3.8, 4) is 0 Å². The molecule has 0 aromatic carbocycles. The highest BCUT2D eigenvalue weighted by atomic mass is 127. The van der Waals surface area contributed by atoms with E-state index in [9.17, 15) is 0 Å². The topological polar surface area (TPSA) is 49.3 Å². The number of rotatable bonds is 6. The maximum Gasteiger partial charge on any atom is 0.191 e. The number of aromatic nitrogens is 1. The summed E-state index contributed by atoms with van der Waals surface area (Å²) >= 11 is 1.69. The van der Waals surface area contributed by atoms with Crippen molar-refractivity contribution in [3.63, 3.8) is 0 Å². The first-order valence-corrected chi connectivity index (χ1v) is 8.32. The lowest BCUT2D eigenvalue weighted by atomic mass is 9.93. The lowest BCUT2D eigenvalue weighted by Gasteiger charge is -2.14. The molecule has 122 valence electrons. The van der Waals surface area contributed by atoms with E-state index in [1.807, 2.05) is 0 Å². The summed E-state index contributed by atoms with van der Waals surface area (Å²) in [4.78, 5) is 9.26. The van der Waals surface area contributed by atoms with Crippen LogP contribution in [0.5, 0.6) is 0 Å². The third kappa shape index (κ3) is 7.99. The van der Waals surface area contributed by atoms with Gasteiger partial charge in [0.15, 0.2) is 5.96 Å². The van der Waals surface area contributed by atoms with Crippen LogP contribution in [0.4, 0.5) is 0 Å². The number of nitrogens with one attached hydrogen (secondary N) is 2. The predicted molar refractivity (Wildman–Crippen MR) is 104 cm³/mol. The summed E-state index contributed by atoms with van der Waals surface area (Å²) in [5.41, 5.74) is 1.26. The minimum atomic E-state index is 0. The number of unbranched alkanes of at least 4 members (excludes halogenated alkanes) is 1. The van der Waals surface area contributed by atoms with E-state index in [1.54, 1.807) is 11.3 Å². The SMILES string of the molecule is CCCCNC(=NCc1nc(C(C)(C)C)cs1)NCC.I. The van der Waals surface area contributed by atoms with Crippen molar-refractivity contribution >= 4 is 41.3 Å². The molecule has 0 aliphatic rings. The molecule has 0 atom stereocenters. The number of aliphatic imine (C=N–C) groups is 1.